The second kappa shape index (κ2) is 7.79. The first kappa shape index (κ1) is 17.0. The fourth-order valence-electron chi connectivity index (χ4n) is 2.01. The lowest BCUT2D eigenvalue weighted by Gasteiger charge is -2.10. The molecule has 1 amide bonds. The van der Waals surface area contributed by atoms with Gasteiger partial charge in [0.25, 0.3) is 0 Å². The van der Waals surface area contributed by atoms with Crippen LogP contribution in [-0.2, 0) is 4.84 Å². The summed E-state index contributed by atoms with van der Waals surface area (Å²) in [5, 5.41) is 7.13. The van der Waals surface area contributed by atoms with Gasteiger partial charge < -0.3 is 0 Å². The number of benzene rings is 2. The third kappa shape index (κ3) is 5.11. The van der Waals surface area contributed by atoms with E-state index in [0.29, 0.717) is 16.4 Å². The van der Waals surface area contributed by atoms with Gasteiger partial charge in [-0.15, -0.1) is 0 Å². The first-order chi connectivity index (χ1) is 11.0. The maximum atomic E-state index is 11.9. The molecule has 0 atom stereocenters. The van der Waals surface area contributed by atoms with Crippen molar-refractivity contribution >= 4 is 29.1 Å². The Kier molecular flexibility index (Phi) is 5.77. The molecule has 0 fully saturated rings. The highest BCUT2D eigenvalue weighted by atomic mass is 35.5. The molecule has 0 aliphatic rings. The molecule has 5 heteroatoms. The molecular weight excluding hydrogens is 312 g/mol. The van der Waals surface area contributed by atoms with Crippen molar-refractivity contribution in [1.82, 2.24) is 0 Å². The number of halogens is 1. The predicted molar refractivity (Wildman–Crippen MR) is 94.1 cm³/mol. The van der Waals surface area contributed by atoms with Gasteiger partial charge >= 0.3 is 6.09 Å². The largest absolute Gasteiger partial charge is 0.437 e. The number of hydrogen-bond donors (Lipinski definition) is 1. The highest BCUT2D eigenvalue weighted by Gasteiger charge is 2.11. The SMILES string of the molecule is Cc1ccc(/C(=N\OC(=O)Nc2cccc(Cl)c2)C(C)C)cc1. The van der Waals surface area contributed by atoms with Crippen molar-refractivity contribution in [3.05, 3.63) is 64.7 Å². The Hall–Kier alpha value is -2.33. The molecule has 0 unspecified atom stereocenters. The lowest BCUT2D eigenvalue weighted by atomic mass is 9.99. The molecule has 0 radical (unpaired) electrons. The Labute approximate surface area is 141 Å². The average molecular weight is 331 g/mol. The van der Waals surface area contributed by atoms with E-state index in [2.05, 4.69) is 10.5 Å². The van der Waals surface area contributed by atoms with Gasteiger partial charge in [-0.25, -0.2) is 4.79 Å². The molecule has 0 saturated heterocycles. The van der Waals surface area contributed by atoms with E-state index in [1.165, 1.54) is 0 Å². The molecule has 0 aliphatic heterocycles. The number of carbonyl (C=O) groups excluding carboxylic acids is 1. The van der Waals surface area contributed by atoms with Crippen molar-refractivity contribution in [1.29, 1.82) is 0 Å². The topological polar surface area (TPSA) is 50.7 Å². The van der Waals surface area contributed by atoms with Crippen LogP contribution in [0, 0.1) is 12.8 Å². The number of amides is 1. The van der Waals surface area contributed by atoms with Gasteiger partial charge in [0.05, 0.1) is 5.71 Å². The van der Waals surface area contributed by atoms with E-state index >= 15 is 0 Å². The summed E-state index contributed by atoms with van der Waals surface area (Å²) < 4.78 is 0. The van der Waals surface area contributed by atoms with Gasteiger partial charge in [0.15, 0.2) is 0 Å². The number of oxime groups is 1. The zero-order chi connectivity index (χ0) is 16.8. The molecule has 0 heterocycles. The number of hydrogen-bond acceptors (Lipinski definition) is 3. The van der Waals surface area contributed by atoms with Gasteiger partial charge in [-0.2, -0.15) is 0 Å². The van der Waals surface area contributed by atoms with E-state index in [0.717, 1.165) is 11.1 Å². The molecule has 2 rings (SSSR count). The fourth-order valence-corrected chi connectivity index (χ4v) is 2.20. The van der Waals surface area contributed by atoms with Crippen LogP contribution in [0.4, 0.5) is 10.5 Å². The number of aryl methyl sites for hydroxylation is 1. The Morgan fingerprint density at radius 1 is 1.17 bits per heavy atom. The lowest BCUT2D eigenvalue weighted by Crippen LogP contribution is -2.15. The van der Waals surface area contributed by atoms with Crippen LogP contribution in [0.1, 0.15) is 25.0 Å². The minimum Gasteiger partial charge on any atom is -0.297 e. The second-order valence-electron chi connectivity index (χ2n) is 5.51. The summed E-state index contributed by atoms with van der Waals surface area (Å²) in [5.74, 6) is 0.122. The van der Waals surface area contributed by atoms with Crippen molar-refractivity contribution in [3.63, 3.8) is 0 Å². The van der Waals surface area contributed by atoms with Crippen molar-refractivity contribution in [3.8, 4) is 0 Å². The van der Waals surface area contributed by atoms with Crippen LogP contribution in [-0.4, -0.2) is 11.8 Å². The maximum absolute atomic E-state index is 11.9. The summed E-state index contributed by atoms with van der Waals surface area (Å²) in [6.07, 6.45) is -0.655. The Balaban J connectivity index is 2.08. The second-order valence-corrected chi connectivity index (χ2v) is 5.95. The molecule has 23 heavy (non-hydrogen) atoms. The Bertz CT molecular complexity index is 709. The highest BCUT2D eigenvalue weighted by molar-refractivity contribution is 6.30. The fraction of sp³-hybridized carbons (Fsp3) is 0.222. The van der Waals surface area contributed by atoms with Gasteiger partial charge in [0.2, 0.25) is 0 Å². The number of nitrogens with one attached hydrogen (secondary N) is 1. The van der Waals surface area contributed by atoms with Gasteiger partial charge in [-0.05, 0) is 36.6 Å². The molecule has 2 aromatic carbocycles. The molecule has 4 nitrogen and oxygen atoms in total. The number of nitrogens with zero attached hydrogens (tertiary/aromatic N) is 1. The molecule has 0 saturated carbocycles. The van der Waals surface area contributed by atoms with Crippen molar-refractivity contribution in [2.75, 3.05) is 5.32 Å². The molecule has 0 spiro atoms. The predicted octanol–water partition coefficient (Wildman–Crippen LogP) is 5.26. The number of rotatable bonds is 4. The smallest absolute Gasteiger partial charge is 0.297 e. The normalized spacial score (nSPS) is 11.4. The third-order valence-electron chi connectivity index (χ3n) is 3.19. The van der Waals surface area contributed by atoms with E-state index in [4.69, 9.17) is 16.4 Å². The lowest BCUT2D eigenvalue weighted by molar-refractivity contribution is 0.166. The molecule has 0 aromatic heterocycles. The first-order valence-electron chi connectivity index (χ1n) is 7.34. The summed E-state index contributed by atoms with van der Waals surface area (Å²) >= 11 is 5.87. The maximum Gasteiger partial charge on any atom is 0.437 e. The van der Waals surface area contributed by atoms with E-state index < -0.39 is 6.09 Å². The molecule has 1 N–H and O–H groups in total. The van der Waals surface area contributed by atoms with Crippen LogP contribution in [0.15, 0.2) is 53.7 Å². The molecular formula is C18H19ClN2O2. The van der Waals surface area contributed by atoms with Gasteiger partial charge in [-0.3, -0.25) is 10.2 Å². The summed E-state index contributed by atoms with van der Waals surface area (Å²) in [4.78, 5) is 16.8. The van der Waals surface area contributed by atoms with Crippen LogP contribution in [0.25, 0.3) is 0 Å². The number of anilines is 1. The summed E-state index contributed by atoms with van der Waals surface area (Å²) in [6, 6.07) is 14.8. The van der Waals surface area contributed by atoms with Gasteiger partial charge in [0, 0.05) is 10.7 Å². The van der Waals surface area contributed by atoms with Crippen LogP contribution < -0.4 is 5.32 Å². The standard InChI is InChI=1S/C18H19ClN2O2/c1-12(2)17(14-9-7-13(3)8-10-14)21-23-18(22)20-16-6-4-5-15(19)11-16/h4-12H,1-3H3,(H,20,22)/b21-17-. The van der Waals surface area contributed by atoms with E-state index in [-0.39, 0.29) is 5.92 Å². The molecule has 2 aromatic rings. The monoisotopic (exact) mass is 330 g/mol. The zero-order valence-electron chi connectivity index (χ0n) is 13.3. The Morgan fingerprint density at radius 2 is 1.87 bits per heavy atom. The summed E-state index contributed by atoms with van der Waals surface area (Å²) in [5.41, 5.74) is 3.36. The van der Waals surface area contributed by atoms with Crippen LogP contribution >= 0.6 is 11.6 Å². The minimum atomic E-state index is -0.655. The van der Waals surface area contributed by atoms with Gasteiger partial charge in [0.1, 0.15) is 0 Å². The van der Waals surface area contributed by atoms with Crippen LogP contribution in [0.3, 0.4) is 0 Å². The van der Waals surface area contributed by atoms with E-state index in [9.17, 15) is 4.79 Å². The Morgan fingerprint density at radius 3 is 2.48 bits per heavy atom. The van der Waals surface area contributed by atoms with Crippen molar-refractivity contribution in [2.24, 2.45) is 11.1 Å². The quantitative estimate of drug-likeness (QED) is 0.472. The number of carbonyl (C=O) groups is 1. The first-order valence-corrected chi connectivity index (χ1v) is 7.72. The minimum absolute atomic E-state index is 0.122. The van der Waals surface area contributed by atoms with Crippen LogP contribution in [0.5, 0.6) is 0 Å². The van der Waals surface area contributed by atoms with Gasteiger partial charge in [-0.1, -0.05) is 66.5 Å². The summed E-state index contributed by atoms with van der Waals surface area (Å²) in [7, 11) is 0. The molecule has 0 bridgehead atoms. The molecule has 0 aliphatic carbocycles. The van der Waals surface area contributed by atoms with Crippen LogP contribution in [0.2, 0.25) is 5.02 Å². The third-order valence-corrected chi connectivity index (χ3v) is 3.43. The zero-order valence-corrected chi connectivity index (χ0v) is 14.1. The van der Waals surface area contributed by atoms with E-state index in [1.807, 2.05) is 45.0 Å². The highest BCUT2D eigenvalue weighted by Crippen LogP contribution is 2.15. The average Bonchev–Trinajstić information content (AvgIpc) is 2.49. The van der Waals surface area contributed by atoms with E-state index in [1.54, 1.807) is 24.3 Å². The van der Waals surface area contributed by atoms with Crippen molar-refractivity contribution in [2.45, 2.75) is 20.8 Å². The van der Waals surface area contributed by atoms with Crippen molar-refractivity contribution < 1.29 is 9.63 Å². The molecule has 120 valence electrons. The summed E-state index contributed by atoms with van der Waals surface area (Å²) in [6.45, 7) is 6.01.